The molecule has 4 rings (SSSR count). The van der Waals surface area contributed by atoms with Gasteiger partial charge in [-0.15, -0.1) is 0 Å². The van der Waals surface area contributed by atoms with Crippen molar-refractivity contribution in [2.24, 2.45) is 0 Å². The summed E-state index contributed by atoms with van der Waals surface area (Å²) in [5.41, 5.74) is 1.82. The van der Waals surface area contributed by atoms with E-state index in [1.54, 1.807) is 26.8 Å². The lowest BCUT2D eigenvalue weighted by Crippen LogP contribution is -2.50. The van der Waals surface area contributed by atoms with E-state index in [-0.39, 0.29) is 17.7 Å². The van der Waals surface area contributed by atoms with Gasteiger partial charge in [0.2, 0.25) is 11.8 Å². The van der Waals surface area contributed by atoms with Crippen molar-refractivity contribution >= 4 is 23.4 Å². The van der Waals surface area contributed by atoms with E-state index in [9.17, 15) is 14.4 Å². The van der Waals surface area contributed by atoms with Gasteiger partial charge in [-0.05, 0) is 24.3 Å². The lowest BCUT2D eigenvalue weighted by atomic mass is 10.2. The molecule has 2 aliphatic rings. The molecule has 2 heterocycles. The molecule has 2 aliphatic heterocycles. The predicted molar refractivity (Wildman–Crippen MR) is 123 cm³/mol. The van der Waals surface area contributed by atoms with Crippen LogP contribution in [0.25, 0.3) is 0 Å². The van der Waals surface area contributed by atoms with Crippen LogP contribution >= 0.6 is 0 Å². The van der Waals surface area contributed by atoms with Crippen LogP contribution in [0.15, 0.2) is 72.8 Å². The molecule has 0 aliphatic carbocycles. The minimum atomic E-state index is -0.187. The van der Waals surface area contributed by atoms with E-state index >= 15 is 0 Å². The average Bonchev–Trinajstić information content (AvgIpc) is 2.88. The summed E-state index contributed by atoms with van der Waals surface area (Å²) in [5, 5.41) is 0. The Kier molecular flexibility index (Phi) is 6.84. The van der Waals surface area contributed by atoms with Gasteiger partial charge in [-0.3, -0.25) is 14.4 Å². The fourth-order valence-corrected chi connectivity index (χ4v) is 4.07. The fraction of sp³-hybridized carbons (Fsp3) is 0.320. The number of piperazine rings is 2. The van der Waals surface area contributed by atoms with E-state index in [0.717, 1.165) is 18.8 Å². The van der Waals surface area contributed by atoms with Crippen LogP contribution in [-0.4, -0.2) is 84.8 Å². The highest BCUT2D eigenvalue weighted by Gasteiger charge is 2.24. The van der Waals surface area contributed by atoms with Crippen LogP contribution in [-0.2, 0) is 9.59 Å². The number of anilines is 1. The molecule has 0 radical (unpaired) electrons. The summed E-state index contributed by atoms with van der Waals surface area (Å²) in [6.07, 6.45) is 2.74. The highest BCUT2D eigenvalue weighted by atomic mass is 16.2. The second kappa shape index (κ2) is 10.1. The number of nitrogens with zero attached hydrogens (tertiary/aromatic N) is 4. The van der Waals surface area contributed by atoms with Gasteiger partial charge in [0, 0.05) is 75.8 Å². The SMILES string of the molecule is O=C(/C=C/C(=O)N1CCN(c2ccccc2)CC1)N1CCN(C(=O)c2ccccc2)CC1. The number of carbonyl (C=O) groups excluding carboxylic acids is 3. The average molecular weight is 433 g/mol. The number of hydrogen-bond acceptors (Lipinski definition) is 4. The summed E-state index contributed by atoms with van der Waals surface area (Å²) < 4.78 is 0. The molecule has 2 aromatic carbocycles. The molecule has 0 unspecified atom stereocenters. The van der Waals surface area contributed by atoms with Crippen LogP contribution in [0.3, 0.4) is 0 Å². The van der Waals surface area contributed by atoms with Crippen molar-refractivity contribution in [3.05, 3.63) is 78.4 Å². The first-order valence-corrected chi connectivity index (χ1v) is 11.0. The highest BCUT2D eigenvalue weighted by Crippen LogP contribution is 2.16. The Labute approximate surface area is 188 Å². The Hall–Kier alpha value is -3.61. The first kappa shape index (κ1) is 21.6. The molecule has 0 spiro atoms. The minimum Gasteiger partial charge on any atom is -0.368 e. The summed E-state index contributed by atoms with van der Waals surface area (Å²) in [6, 6.07) is 19.3. The maximum absolute atomic E-state index is 12.5. The topological polar surface area (TPSA) is 64.2 Å². The number of rotatable bonds is 4. The lowest BCUT2D eigenvalue weighted by Gasteiger charge is -2.36. The predicted octanol–water partition coefficient (Wildman–Crippen LogP) is 1.88. The standard InChI is InChI=1S/C25H28N4O3/c30-23(27-15-13-26(14-16-27)22-9-5-2-6-10-22)11-12-24(31)28-17-19-29(20-18-28)25(32)21-7-3-1-4-8-21/h1-12H,13-20H2/b12-11+. The van der Waals surface area contributed by atoms with Crippen molar-refractivity contribution in [3.8, 4) is 0 Å². The number of hydrogen-bond donors (Lipinski definition) is 0. The zero-order chi connectivity index (χ0) is 22.3. The van der Waals surface area contributed by atoms with E-state index in [2.05, 4.69) is 17.0 Å². The van der Waals surface area contributed by atoms with E-state index < -0.39 is 0 Å². The number of carbonyl (C=O) groups is 3. The molecule has 0 aromatic heterocycles. The fourth-order valence-electron chi connectivity index (χ4n) is 4.07. The number of benzene rings is 2. The first-order chi connectivity index (χ1) is 15.6. The zero-order valence-electron chi connectivity index (χ0n) is 18.1. The maximum Gasteiger partial charge on any atom is 0.253 e. The summed E-state index contributed by atoms with van der Waals surface area (Å²) in [5.74, 6) is -0.338. The molecule has 0 atom stereocenters. The maximum atomic E-state index is 12.5. The molecule has 0 bridgehead atoms. The normalized spacial score (nSPS) is 17.0. The number of para-hydroxylation sites is 1. The van der Waals surface area contributed by atoms with Crippen molar-refractivity contribution in [2.45, 2.75) is 0 Å². The van der Waals surface area contributed by atoms with E-state index in [0.29, 0.717) is 44.8 Å². The lowest BCUT2D eigenvalue weighted by molar-refractivity contribution is -0.129. The molecular formula is C25H28N4O3. The van der Waals surface area contributed by atoms with Crippen LogP contribution in [0.1, 0.15) is 10.4 Å². The molecule has 3 amide bonds. The quantitative estimate of drug-likeness (QED) is 0.692. The largest absolute Gasteiger partial charge is 0.368 e. The molecule has 0 saturated carbocycles. The van der Waals surface area contributed by atoms with Gasteiger partial charge in [-0.25, -0.2) is 0 Å². The van der Waals surface area contributed by atoms with Gasteiger partial charge in [0.1, 0.15) is 0 Å². The van der Waals surface area contributed by atoms with Crippen molar-refractivity contribution in [2.75, 3.05) is 57.3 Å². The summed E-state index contributed by atoms with van der Waals surface area (Å²) in [4.78, 5) is 45.1. The minimum absolute atomic E-state index is 0.0157. The molecule has 32 heavy (non-hydrogen) atoms. The molecule has 7 heteroatoms. The smallest absolute Gasteiger partial charge is 0.253 e. The van der Waals surface area contributed by atoms with Crippen LogP contribution in [0.2, 0.25) is 0 Å². The van der Waals surface area contributed by atoms with Gasteiger partial charge >= 0.3 is 0 Å². The molecule has 2 aromatic rings. The van der Waals surface area contributed by atoms with Gasteiger partial charge < -0.3 is 19.6 Å². The third-order valence-electron chi connectivity index (χ3n) is 5.98. The Morgan fingerprint density at radius 1 is 0.562 bits per heavy atom. The van der Waals surface area contributed by atoms with Crippen LogP contribution in [0.5, 0.6) is 0 Å². The summed E-state index contributed by atoms with van der Waals surface area (Å²) in [6.45, 7) is 4.71. The van der Waals surface area contributed by atoms with Gasteiger partial charge in [0.05, 0.1) is 0 Å². The van der Waals surface area contributed by atoms with E-state index in [1.807, 2.05) is 36.4 Å². The van der Waals surface area contributed by atoms with Crippen molar-refractivity contribution in [1.82, 2.24) is 14.7 Å². The Morgan fingerprint density at radius 3 is 1.53 bits per heavy atom. The van der Waals surface area contributed by atoms with Crippen LogP contribution < -0.4 is 4.90 Å². The second-order valence-electron chi connectivity index (χ2n) is 7.96. The monoisotopic (exact) mass is 432 g/mol. The summed E-state index contributed by atoms with van der Waals surface area (Å²) >= 11 is 0. The Morgan fingerprint density at radius 2 is 1.00 bits per heavy atom. The Balaban J connectivity index is 1.22. The third-order valence-corrected chi connectivity index (χ3v) is 5.98. The summed E-state index contributed by atoms with van der Waals surface area (Å²) in [7, 11) is 0. The zero-order valence-corrected chi connectivity index (χ0v) is 18.1. The van der Waals surface area contributed by atoms with Gasteiger partial charge in [-0.1, -0.05) is 36.4 Å². The molecule has 7 nitrogen and oxygen atoms in total. The highest BCUT2D eigenvalue weighted by molar-refractivity contribution is 5.97. The van der Waals surface area contributed by atoms with Gasteiger partial charge in [0.15, 0.2) is 0 Å². The van der Waals surface area contributed by atoms with Crippen molar-refractivity contribution in [1.29, 1.82) is 0 Å². The molecular weight excluding hydrogens is 404 g/mol. The van der Waals surface area contributed by atoms with Crippen molar-refractivity contribution < 1.29 is 14.4 Å². The van der Waals surface area contributed by atoms with E-state index in [4.69, 9.17) is 0 Å². The number of amides is 3. The molecule has 2 saturated heterocycles. The van der Waals surface area contributed by atoms with Crippen LogP contribution in [0.4, 0.5) is 5.69 Å². The first-order valence-electron chi connectivity index (χ1n) is 11.0. The van der Waals surface area contributed by atoms with Crippen molar-refractivity contribution in [3.63, 3.8) is 0 Å². The van der Waals surface area contributed by atoms with E-state index in [1.165, 1.54) is 12.2 Å². The molecule has 2 fully saturated rings. The van der Waals surface area contributed by atoms with Gasteiger partial charge in [0.25, 0.3) is 5.91 Å². The molecule has 166 valence electrons. The van der Waals surface area contributed by atoms with Gasteiger partial charge in [-0.2, -0.15) is 0 Å². The third kappa shape index (κ3) is 5.17. The second-order valence-corrected chi connectivity index (χ2v) is 7.96. The molecule has 0 N–H and O–H groups in total. The van der Waals surface area contributed by atoms with Crippen LogP contribution in [0, 0.1) is 0 Å². The Bertz CT molecular complexity index is 961.